The molecule has 27 heavy (non-hydrogen) atoms. The second kappa shape index (κ2) is 7.31. The smallest absolute Gasteiger partial charge is 0.277 e. The first-order valence-electron chi connectivity index (χ1n) is 8.62. The standard InChI is InChI=1S/C22H18N2O2S/c23-21(26)22-24-19-16(12-7-13-17(19)27-22)18(14-8-3-1-4-9-14)20(25)15-10-5-2-6-11-15/h1-13,18,20,25H,(H2,23,26)/t18-,20-/m1/s1. The molecule has 0 saturated heterocycles. The van der Waals surface area contributed by atoms with Gasteiger partial charge in [0.1, 0.15) is 0 Å². The molecule has 0 saturated carbocycles. The molecule has 0 aliphatic heterocycles. The summed E-state index contributed by atoms with van der Waals surface area (Å²) >= 11 is 1.27. The van der Waals surface area contributed by atoms with Crippen molar-refractivity contribution in [2.24, 2.45) is 5.73 Å². The lowest BCUT2D eigenvalue weighted by Crippen LogP contribution is -2.13. The van der Waals surface area contributed by atoms with Gasteiger partial charge in [-0.3, -0.25) is 4.79 Å². The fourth-order valence-electron chi connectivity index (χ4n) is 3.36. The Morgan fingerprint density at radius 1 is 0.889 bits per heavy atom. The number of amides is 1. The van der Waals surface area contributed by atoms with Gasteiger partial charge in [0.25, 0.3) is 5.91 Å². The molecule has 5 heteroatoms. The Labute approximate surface area is 160 Å². The van der Waals surface area contributed by atoms with Gasteiger partial charge in [-0.1, -0.05) is 72.8 Å². The van der Waals surface area contributed by atoms with Crippen LogP contribution in [0.5, 0.6) is 0 Å². The van der Waals surface area contributed by atoms with Crippen molar-refractivity contribution in [3.63, 3.8) is 0 Å². The fraction of sp³-hybridized carbons (Fsp3) is 0.0909. The van der Waals surface area contributed by atoms with Gasteiger partial charge in [-0.15, -0.1) is 11.3 Å². The van der Waals surface area contributed by atoms with Crippen LogP contribution in [0, 0.1) is 0 Å². The van der Waals surface area contributed by atoms with Gasteiger partial charge in [-0.25, -0.2) is 4.98 Å². The minimum atomic E-state index is -0.752. The lowest BCUT2D eigenvalue weighted by atomic mass is 9.83. The molecule has 0 unspecified atom stereocenters. The van der Waals surface area contributed by atoms with E-state index in [1.54, 1.807) is 0 Å². The molecule has 0 spiro atoms. The molecule has 134 valence electrons. The third kappa shape index (κ3) is 3.35. The number of hydrogen-bond acceptors (Lipinski definition) is 4. The number of benzene rings is 3. The van der Waals surface area contributed by atoms with Crippen molar-refractivity contribution in [2.45, 2.75) is 12.0 Å². The number of hydrogen-bond donors (Lipinski definition) is 2. The van der Waals surface area contributed by atoms with E-state index in [1.165, 1.54) is 11.3 Å². The summed E-state index contributed by atoms with van der Waals surface area (Å²) in [4.78, 5) is 16.1. The first-order valence-corrected chi connectivity index (χ1v) is 9.44. The zero-order valence-electron chi connectivity index (χ0n) is 14.4. The van der Waals surface area contributed by atoms with E-state index in [0.717, 1.165) is 21.4 Å². The Hall–Kier alpha value is -3.02. The van der Waals surface area contributed by atoms with Crippen LogP contribution in [0.4, 0.5) is 0 Å². The summed E-state index contributed by atoms with van der Waals surface area (Å²) in [6.07, 6.45) is -0.752. The van der Waals surface area contributed by atoms with Gasteiger partial charge in [0.05, 0.1) is 16.3 Å². The fourth-order valence-corrected chi connectivity index (χ4v) is 4.21. The van der Waals surface area contributed by atoms with E-state index in [9.17, 15) is 9.90 Å². The average Bonchev–Trinajstić information content (AvgIpc) is 3.15. The lowest BCUT2D eigenvalue weighted by molar-refractivity contribution is 0.1000. The summed E-state index contributed by atoms with van der Waals surface area (Å²) in [7, 11) is 0. The summed E-state index contributed by atoms with van der Waals surface area (Å²) in [6.45, 7) is 0. The number of thiazole rings is 1. The molecule has 1 aromatic heterocycles. The van der Waals surface area contributed by atoms with Crippen LogP contribution in [-0.2, 0) is 0 Å². The molecule has 1 heterocycles. The first kappa shape index (κ1) is 17.4. The highest BCUT2D eigenvalue weighted by molar-refractivity contribution is 7.20. The Kier molecular flexibility index (Phi) is 4.71. The molecular formula is C22H18N2O2S. The minimum absolute atomic E-state index is 0.276. The number of carbonyl (C=O) groups excluding carboxylic acids is 1. The van der Waals surface area contributed by atoms with E-state index in [1.807, 2.05) is 78.9 Å². The van der Waals surface area contributed by atoms with Gasteiger partial charge in [0, 0.05) is 5.92 Å². The molecule has 3 aromatic carbocycles. The number of aliphatic hydroxyl groups is 1. The van der Waals surface area contributed by atoms with Crippen LogP contribution < -0.4 is 5.73 Å². The second-order valence-electron chi connectivity index (χ2n) is 6.32. The maximum atomic E-state index is 11.6. The number of aliphatic hydroxyl groups excluding tert-OH is 1. The van der Waals surface area contributed by atoms with Crippen LogP contribution in [0.2, 0.25) is 0 Å². The third-order valence-corrected chi connectivity index (χ3v) is 5.65. The molecule has 0 aliphatic rings. The van der Waals surface area contributed by atoms with Gasteiger partial charge in [0.15, 0.2) is 5.01 Å². The molecule has 3 N–H and O–H groups in total. The van der Waals surface area contributed by atoms with Crippen LogP contribution in [0.3, 0.4) is 0 Å². The molecule has 0 fully saturated rings. The number of para-hydroxylation sites is 1. The molecule has 4 rings (SSSR count). The van der Waals surface area contributed by atoms with Crippen LogP contribution in [-0.4, -0.2) is 16.0 Å². The van der Waals surface area contributed by atoms with Crippen molar-refractivity contribution in [1.29, 1.82) is 0 Å². The quantitative estimate of drug-likeness (QED) is 0.548. The van der Waals surface area contributed by atoms with E-state index < -0.39 is 12.0 Å². The molecule has 0 radical (unpaired) electrons. The minimum Gasteiger partial charge on any atom is -0.387 e. The second-order valence-corrected chi connectivity index (χ2v) is 7.35. The van der Waals surface area contributed by atoms with Gasteiger partial charge >= 0.3 is 0 Å². The molecule has 4 aromatic rings. The van der Waals surface area contributed by atoms with Gasteiger partial charge in [-0.2, -0.15) is 0 Å². The monoisotopic (exact) mass is 374 g/mol. The number of rotatable bonds is 5. The number of primary amides is 1. The van der Waals surface area contributed by atoms with Crippen molar-refractivity contribution < 1.29 is 9.90 Å². The lowest BCUT2D eigenvalue weighted by Gasteiger charge is -2.24. The van der Waals surface area contributed by atoms with Crippen LogP contribution >= 0.6 is 11.3 Å². The van der Waals surface area contributed by atoms with Gasteiger partial charge in [-0.05, 0) is 22.8 Å². The first-order chi connectivity index (χ1) is 13.1. The number of nitrogens with two attached hydrogens (primary N) is 1. The Bertz CT molecular complexity index is 1080. The number of aromatic nitrogens is 1. The molecular weight excluding hydrogens is 356 g/mol. The summed E-state index contributed by atoms with van der Waals surface area (Å²) in [5.74, 6) is -0.859. The topological polar surface area (TPSA) is 76.2 Å². The van der Waals surface area contributed by atoms with E-state index in [-0.39, 0.29) is 10.9 Å². The van der Waals surface area contributed by atoms with Crippen molar-refractivity contribution in [1.82, 2.24) is 4.98 Å². The van der Waals surface area contributed by atoms with Gasteiger partial charge in [0.2, 0.25) is 0 Å². The summed E-state index contributed by atoms with van der Waals surface area (Å²) in [6, 6.07) is 25.2. The SMILES string of the molecule is NC(=O)c1nc2c([C@@H](c3ccccc3)[C@H](O)c3ccccc3)cccc2s1. The maximum Gasteiger partial charge on any atom is 0.277 e. The third-order valence-electron chi connectivity index (χ3n) is 4.61. The van der Waals surface area contributed by atoms with Crippen molar-refractivity contribution in [3.8, 4) is 0 Å². The number of fused-ring (bicyclic) bond motifs is 1. The maximum absolute atomic E-state index is 11.6. The molecule has 1 amide bonds. The molecule has 2 atom stereocenters. The summed E-state index contributed by atoms with van der Waals surface area (Å²) in [5.41, 5.74) is 8.82. The molecule has 4 nitrogen and oxygen atoms in total. The van der Waals surface area contributed by atoms with Crippen LogP contribution in [0.15, 0.2) is 78.9 Å². The zero-order chi connectivity index (χ0) is 18.8. The van der Waals surface area contributed by atoms with Crippen LogP contribution in [0.25, 0.3) is 10.2 Å². The summed E-state index contributed by atoms with van der Waals surface area (Å²) in [5, 5.41) is 11.5. The predicted octanol–water partition coefficient (Wildman–Crippen LogP) is 4.26. The Morgan fingerprint density at radius 3 is 2.15 bits per heavy atom. The number of nitrogens with zero attached hydrogens (tertiary/aromatic N) is 1. The number of carbonyl (C=O) groups is 1. The van der Waals surface area contributed by atoms with E-state index in [2.05, 4.69) is 4.98 Å². The highest BCUT2D eigenvalue weighted by Gasteiger charge is 2.27. The zero-order valence-corrected chi connectivity index (χ0v) is 15.3. The van der Waals surface area contributed by atoms with Crippen molar-refractivity contribution in [3.05, 3.63) is 101 Å². The average molecular weight is 374 g/mol. The van der Waals surface area contributed by atoms with Crippen LogP contribution in [0.1, 0.15) is 38.5 Å². The highest BCUT2D eigenvalue weighted by Crippen LogP contribution is 2.40. The van der Waals surface area contributed by atoms with Gasteiger partial charge < -0.3 is 10.8 Å². The van der Waals surface area contributed by atoms with E-state index >= 15 is 0 Å². The molecule has 0 bridgehead atoms. The Balaban J connectivity index is 1.92. The summed E-state index contributed by atoms with van der Waals surface area (Å²) < 4.78 is 0.877. The van der Waals surface area contributed by atoms with Crippen molar-refractivity contribution in [2.75, 3.05) is 0 Å². The largest absolute Gasteiger partial charge is 0.387 e. The van der Waals surface area contributed by atoms with Crippen molar-refractivity contribution >= 4 is 27.5 Å². The normalized spacial score (nSPS) is 13.4. The molecule has 0 aliphatic carbocycles. The van der Waals surface area contributed by atoms with E-state index in [4.69, 9.17) is 5.73 Å². The predicted molar refractivity (Wildman–Crippen MR) is 108 cm³/mol. The highest BCUT2D eigenvalue weighted by atomic mass is 32.1. The Morgan fingerprint density at radius 2 is 1.52 bits per heavy atom. The van der Waals surface area contributed by atoms with E-state index in [0.29, 0.717) is 5.52 Å².